The average molecular weight is 392 g/mol. The Morgan fingerprint density at radius 2 is 2.00 bits per heavy atom. The van der Waals surface area contributed by atoms with E-state index < -0.39 is 5.82 Å². The molecule has 2 aromatic carbocycles. The first-order valence-corrected chi connectivity index (χ1v) is 8.62. The lowest BCUT2D eigenvalue weighted by Gasteiger charge is -2.17. The second kappa shape index (κ2) is 6.70. The molecule has 0 N–H and O–H groups in total. The van der Waals surface area contributed by atoms with Gasteiger partial charge in [0.25, 0.3) is 0 Å². The number of carbonyl (C=O) groups excluding carboxylic acids is 1. The molecule has 1 amide bonds. The summed E-state index contributed by atoms with van der Waals surface area (Å²) in [5, 5.41) is 4.49. The van der Waals surface area contributed by atoms with Crippen LogP contribution in [0.5, 0.6) is 0 Å². The van der Waals surface area contributed by atoms with Crippen molar-refractivity contribution in [1.82, 2.24) is 10.1 Å². The third kappa shape index (κ3) is 3.06. The van der Waals surface area contributed by atoms with Crippen LogP contribution in [-0.4, -0.2) is 22.6 Å². The molecule has 0 aliphatic carbocycles. The standard InChI is InChI=1S/C18H12Cl2FN3O2/c19-12-4-1-3-10(7-12)17-22-18(26-23-17)11-8-15(25)24(9-11)14-6-2-5-13(20)16(14)21/h1-7,11H,8-9H2. The van der Waals surface area contributed by atoms with E-state index in [9.17, 15) is 9.18 Å². The van der Waals surface area contributed by atoms with Crippen LogP contribution >= 0.6 is 23.2 Å². The minimum absolute atomic E-state index is 0.0280. The molecule has 4 rings (SSSR count). The zero-order chi connectivity index (χ0) is 18.3. The lowest BCUT2D eigenvalue weighted by Crippen LogP contribution is -2.25. The number of hydrogen-bond donors (Lipinski definition) is 0. The number of rotatable bonds is 3. The number of hydrogen-bond acceptors (Lipinski definition) is 4. The Kier molecular flexibility index (Phi) is 4.38. The predicted molar refractivity (Wildman–Crippen MR) is 95.9 cm³/mol. The molecule has 5 nitrogen and oxygen atoms in total. The summed E-state index contributed by atoms with van der Waals surface area (Å²) < 4.78 is 19.6. The van der Waals surface area contributed by atoms with Gasteiger partial charge < -0.3 is 9.42 Å². The van der Waals surface area contributed by atoms with Gasteiger partial charge in [0.2, 0.25) is 17.6 Å². The summed E-state index contributed by atoms with van der Waals surface area (Å²) in [6.07, 6.45) is 0.156. The molecule has 3 aromatic rings. The second-order valence-electron chi connectivity index (χ2n) is 5.94. The molecule has 0 spiro atoms. The first kappa shape index (κ1) is 17.0. The fourth-order valence-corrected chi connectivity index (χ4v) is 3.31. The Labute approximate surface area is 158 Å². The number of benzene rings is 2. The van der Waals surface area contributed by atoms with Crippen LogP contribution < -0.4 is 4.90 Å². The van der Waals surface area contributed by atoms with Gasteiger partial charge in [-0.05, 0) is 24.3 Å². The molecule has 1 aliphatic heterocycles. The Hall–Kier alpha value is -2.44. The Bertz CT molecular complexity index is 992. The molecule has 1 unspecified atom stereocenters. The Morgan fingerprint density at radius 3 is 2.81 bits per heavy atom. The van der Waals surface area contributed by atoms with Gasteiger partial charge in [-0.15, -0.1) is 0 Å². The van der Waals surface area contributed by atoms with Gasteiger partial charge in [-0.2, -0.15) is 4.98 Å². The molecule has 1 atom stereocenters. The molecule has 26 heavy (non-hydrogen) atoms. The highest BCUT2D eigenvalue weighted by molar-refractivity contribution is 6.31. The molecule has 1 aliphatic rings. The molecule has 2 heterocycles. The second-order valence-corrected chi connectivity index (χ2v) is 6.79. The highest BCUT2D eigenvalue weighted by Gasteiger charge is 2.36. The van der Waals surface area contributed by atoms with E-state index in [4.69, 9.17) is 27.7 Å². The summed E-state index contributed by atoms with van der Waals surface area (Å²) in [6.45, 7) is 0.243. The third-order valence-corrected chi connectivity index (χ3v) is 4.75. The Morgan fingerprint density at radius 1 is 1.19 bits per heavy atom. The molecule has 1 aromatic heterocycles. The fourth-order valence-electron chi connectivity index (χ4n) is 2.95. The first-order chi connectivity index (χ1) is 12.5. The normalized spacial score (nSPS) is 17.1. The largest absolute Gasteiger partial charge is 0.339 e. The SMILES string of the molecule is O=C1CC(c2nc(-c3cccc(Cl)c3)no2)CN1c1cccc(Cl)c1F. The van der Waals surface area contributed by atoms with Gasteiger partial charge in [0, 0.05) is 23.6 Å². The maximum absolute atomic E-state index is 14.2. The quantitative estimate of drug-likeness (QED) is 0.648. The van der Waals surface area contributed by atoms with Crippen LogP contribution in [0.2, 0.25) is 10.0 Å². The van der Waals surface area contributed by atoms with E-state index in [1.807, 2.05) is 6.07 Å². The number of anilines is 1. The maximum atomic E-state index is 14.2. The summed E-state index contributed by atoms with van der Waals surface area (Å²) in [5.41, 5.74) is 0.870. The van der Waals surface area contributed by atoms with Crippen molar-refractivity contribution in [3.05, 3.63) is 64.2 Å². The number of amides is 1. The summed E-state index contributed by atoms with van der Waals surface area (Å²) in [6, 6.07) is 11.6. The molecule has 1 saturated heterocycles. The fraction of sp³-hybridized carbons (Fsp3) is 0.167. The van der Waals surface area contributed by atoms with E-state index in [0.29, 0.717) is 16.7 Å². The van der Waals surface area contributed by atoms with Gasteiger partial charge in [-0.3, -0.25) is 4.79 Å². The van der Waals surface area contributed by atoms with Crippen molar-refractivity contribution in [1.29, 1.82) is 0 Å². The van der Waals surface area contributed by atoms with Crippen molar-refractivity contribution in [2.45, 2.75) is 12.3 Å². The van der Waals surface area contributed by atoms with Crippen molar-refractivity contribution in [3.8, 4) is 11.4 Å². The smallest absolute Gasteiger partial charge is 0.232 e. The van der Waals surface area contributed by atoms with E-state index in [-0.39, 0.29) is 35.5 Å². The number of nitrogens with zero attached hydrogens (tertiary/aromatic N) is 3. The van der Waals surface area contributed by atoms with E-state index in [1.165, 1.54) is 17.0 Å². The molecular weight excluding hydrogens is 380 g/mol. The third-order valence-electron chi connectivity index (χ3n) is 4.22. The monoisotopic (exact) mass is 391 g/mol. The van der Waals surface area contributed by atoms with Crippen LogP contribution in [0.1, 0.15) is 18.2 Å². The predicted octanol–water partition coefficient (Wildman–Crippen LogP) is 4.70. The van der Waals surface area contributed by atoms with Crippen LogP contribution in [0.15, 0.2) is 47.0 Å². The van der Waals surface area contributed by atoms with Crippen molar-refractivity contribution < 1.29 is 13.7 Å². The summed E-state index contributed by atoms with van der Waals surface area (Å²) in [4.78, 5) is 18.1. The van der Waals surface area contributed by atoms with Crippen molar-refractivity contribution in [2.24, 2.45) is 0 Å². The number of carbonyl (C=O) groups is 1. The first-order valence-electron chi connectivity index (χ1n) is 7.87. The highest BCUT2D eigenvalue weighted by Crippen LogP contribution is 2.34. The van der Waals surface area contributed by atoms with Crippen molar-refractivity contribution in [3.63, 3.8) is 0 Å². The lowest BCUT2D eigenvalue weighted by atomic mass is 10.1. The number of halogens is 3. The average Bonchev–Trinajstić information content (AvgIpc) is 3.24. The summed E-state index contributed by atoms with van der Waals surface area (Å²) >= 11 is 11.8. The molecular formula is C18H12Cl2FN3O2. The van der Waals surface area contributed by atoms with E-state index in [0.717, 1.165) is 5.56 Å². The van der Waals surface area contributed by atoms with Crippen molar-refractivity contribution in [2.75, 3.05) is 11.4 Å². The van der Waals surface area contributed by atoms with Crippen LogP contribution in [0.25, 0.3) is 11.4 Å². The zero-order valence-corrected chi connectivity index (χ0v) is 14.8. The minimum Gasteiger partial charge on any atom is -0.339 e. The van der Waals surface area contributed by atoms with Gasteiger partial charge >= 0.3 is 0 Å². The van der Waals surface area contributed by atoms with E-state index in [2.05, 4.69) is 10.1 Å². The van der Waals surface area contributed by atoms with Crippen LogP contribution in [0.4, 0.5) is 10.1 Å². The van der Waals surface area contributed by atoms with Crippen LogP contribution in [0, 0.1) is 5.82 Å². The Balaban J connectivity index is 1.59. The van der Waals surface area contributed by atoms with Gasteiger partial charge in [0.05, 0.1) is 16.6 Å². The number of aromatic nitrogens is 2. The van der Waals surface area contributed by atoms with Gasteiger partial charge in [-0.25, -0.2) is 4.39 Å². The van der Waals surface area contributed by atoms with Crippen molar-refractivity contribution >= 4 is 34.8 Å². The lowest BCUT2D eigenvalue weighted by molar-refractivity contribution is -0.117. The van der Waals surface area contributed by atoms with Crippen LogP contribution in [0.3, 0.4) is 0 Å². The summed E-state index contributed by atoms with van der Waals surface area (Å²) in [7, 11) is 0. The van der Waals surface area contributed by atoms with Gasteiger partial charge in [0.15, 0.2) is 5.82 Å². The molecule has 0 saturated carbocycles. The van der Waals surface area contributed by atoms with E-state index >= 15 is 0 Å². The van der Waals surface area contributed by atoms with Gasteiger partial charge in [-0.1, -0.05) is 46.6 Å². The molecule has 132 valence electrons. The minimum atomic E-state index is -0.617. The highest BCUT2D eigenvalue weighted by atomic mass is 35.5. The zero-order valence-electron chi connectivity index (χ0n) is 13.3. The van der Waals surface area contributed by atoms with E-state index in [1.54, 1.807) is 24.3 Å². The van der Waals surface area contributed by atoms with Crippen LogP contribution in [-0.2, 0) is 4.79 Å². The molecule has 1 fully saturated rings. The maximum Gasteiger partial charge on any atom is 0.232 e. The molecule has 0 bridgehead atoms. The van der Waals surface area contributed by atoms with Gasteiger partial charge in [0.1, 0.15) is 0 Å². The summed E-state index contributed by atoms with van der Waals surface area (Å²) in [5.74, 6) is -0.436. The molecule has 8 heteroatoms. The topological polar surface area (TPSA) is 59.2 Å². The molecule has 0 radical (unpaired) electrons.